The molecule has 1 aromatic heterocycles. The van der Waals surface area contributed by atoms with Crippen molar-refractivity contribution in [2.24, 2.45) is 5.41 Å². The Bertz CT molecular complexity index is 886. The molecule has 3 rings (SSSR count). The molecule has 1 fully saturated rings. The Morgan fingerprint density at radius 3 is 2.39 bits per heavy atom. The Kier molecular flexibility index (Phi) is 10.0. The van der Waals surface area contributed by atoms with Crippen LogP contribution in [0.3, 0.4) is 0 Å². The molecule has 1 aromatic carbocycles. The minimum atomic E-state index is -0.0805. The maximum absolute atomic E-state index is 12.6. The lowest BCUT2D eigenvalue weighted by Gasteiger charge is -2.36. The summed E-state index contributed by atoms with van der Waals surface area (Å²) in [5.41, 5.74) is 5.15. The number of aryl methyl sites for hydroxylation is 1. The fraction of sp³-hybridized carbons (Fsp3) is 0.577. The Balaban J connectivity index is 0.000000234. The normalized spacial score (nSPS) is 16.8. The van der Waals surface area contributed by atoms with Gasteiger partial charge in [0.25, 0.3) is 0 Å². The van der Waals surface area contributed by atoms with Crippen molar-refractivity contribution in [3.8, 4) is 10.4 Å². The molecule has 0 radical (unpaired) electrons. The van der Waals surface area contributed by atoms with Crippen molar-refractivity contribution in [1.29, 1.82) is 0 Å². The molecule has 1 aliphatic heterocycles. The number of hydrogen-bond donors (Lipinski definition) is 2. The molecule has 2 N–H and O–H groups in total. The number of carbonyl (C=O) groups excluding carboxylic acids is 2. The molecule has 0 saturated carbocycles. The molecule has 6 nitrogen and oxygen atoms in total. The van der Waals surface area contributed by atoms with Gasteiger partial charge < -0.3 is 15.5 Å². The third-order valence-corrected chi connectivity index (χ3v) is 6.78. The van der Waals surface area contributed by atoms with Gasteiger partial charge >= 0.3 is 0 Å². The minimum Gasteiger partial charge on any atom is -0.355 e. The lowest BCUT2D eigenvalue weighted by molar-refractivity contribution is -0.137. The van der Waals surface area contributed by atoms with Gasteiger partial charge in [-0.05, 0) is 43.2 Å². The number of carbonyl (C=O) groups is 2. The van der Waals surface area contributed by atoms with Crippen molar-refractivity contribution in [3.63, 3.8) is 0 Å². The summed E-state index contributed by atoms with van der Waals surface area (Å²) in [7, 11) is 0. The van der Waals surface area contributed by atoms with Gasteiger partial charge in [0.15, 0.2) is 0 Å². The van der Waals surface area contributed by atoms with E-state index in [9.17, 15) is 9.59 Å². The van der Waals surface area contributed by atoms with Crippen LogP contribution >= 0.6 is 11.3 Å². The maximum atomic E-state index is 12.6. The summed E-state index contributed by atoms with van der Waals surface area (Å²) < 4.78 is 0. The first-order valence-corrected chi connectivity index (χ1v) is 12.7. The topological polar surface area (TPSA) is 74.3 Å². The second kappa shape index (κ2) is 12.3. The highest BCUT2D eigenvalue weighted by Gasteiger charge is 2.37. The van der Waals surface area contributed by atoms with Gasteiger partial charge in [-0.1, -0.05) is 58.9 Å². The fourth-order valence-electron chi connectivity index (χ4n) is 3.96. The van der Waals surface area contributed by atoms with Crippen molar-refractivity contribution in [2.45, 2.75) is 86.0 Å². The number of thiazole rings is 1. The van der Waals surface area contributed by atoms with Crippen LogP contribution in [0.5, 0.6) is 0 Å². The molecule has 2 atom stereocenters. The summed E-state index contributed by atoms with van der Waals surface area (Å²) in [5, 5.41) is 6.07. The van der Waals surface area contributed by atoms with Crippen LogP contribution in [-0.2, 0) is 16.1 Å². The number of hydrogen-bond acceptors (Lipinski definition) is 5. The van der Waals surface area contributed by atoms with Crippen molar-refractivity contribution in [2.75, 3.05) is 6.54 Å². The zero-order valence-electron chi connectivity index (χ0n) is 21.1. The van der Waals surface area contributed by atoms with Gasteiger partial charge in [0.1, 0.15) is 0 Å². The smallest absolute Gasteiger partial charge is 0.240 e. The van der Waals surface area contributed by atoms with Crippen molar-refractivity contribution < 1.29 is 9.59 Å². The highest BCUT2D eigenvalue weighted by Crippen LogP contribution is 2.27. The number of nitrogens with one attached hydrogen (secondary N) is 2. The molecule has 7 heteroatoms. The number of nitrogens with zero attached hydrogens (tertiary/aromatic N) is 2. The van der Waals surface area contributed by atoms with Gasteiger partial charge in [0.2, 0.25) is 12.3 Å². The number of aromatic nitrogens is 1. The number of likely N-dealkylation sites (tertiary alicyclic amines) is 1. The zero-order chi connectivity index (χ0) is 24.6. The van der Waals surface area contributed by atoms with E-state index in [1.54, 1.807) is 11.3 Å². The molecule has 33 heavy (non-hydrogen) atoms. The van der Waals surface area contributed by atoms with E-state index in [1.165, 1.54) is 10.4 Å². The van der Waals surface area contributed by atoms with Crippen LogP contribution in [0.15, 0.2) is 29.8 Å². The predicted octanol–water partition coefficient (Wildman–Crippen LogP) is 4.77. The second-order valence-corrected chi connectivity index (χ2v) is 11.0. The largest absolute Gasteiger partial charge is 0.355 e. The lowest BCUT2D eigenvalue weighted by atomic mass is 9.85. The van der Waals surface area contributed by atoms with E-state index in [-0.39, 0.29) is 17.4 Å². The van der Waals surface area contributed by atoms with Gasteiger partial charge in [0.05, 0.1) is 22.1 Å². The van der Waals surface area contributed by atoms with Crippen LogP contribution < -0.4 is 10.6 Å². The van der Waals surface area contributed by atoms with Crippen molar-refractivity contribution in [3.05, 3.63) is 41.0 Å². The van der Waals surface area contributed by atoms with Crippen molar-refractivity contribution >= 4 is 23.7 Å². The molecule has 0 bridgehead atoms. The number of amides is 2. The van der Waals surface area contributed by atoms with E-state index in [0.717, 1.165) is 30.6 Å². The summed E-state index contributed by atoms with van der Waals surface area (Å²) in [6.45, 7) is 16.2. The van der Waals surface area contributed by atoms with Crippen LogP contribution in [0.25, 0.3) is 10.4 Å². The van der Waals surface area contributed by atoms with E-state index in [0.29, 0.717) is 25.0 Å². The average molecular weight is 473 g/mol. The summed E-state index contributed by atoms with van der Waals surface area (Å²) in [5.74, 6) is 0.274. The number of benzene rings is 1. The molecular formula is C26H40N4O2S. The van der Waals surface area contributed by atoms with Gasteiger partial charge in [-0.25, -0.2) is 4.98 Å². The van der Waals surface area contributed by atoms with Crippen LogP contribution in [0.1, 0.15) is 65.6 Å². The zero-order valence-corrected chi connectivity index (χ0v) is 22.0. The Morgan fingerprint density at radius 2 is 1.94 bits per heavy atom. The average Bonchev–Trinajstić information content (AvgIpc) is 3.38. The third-order valence-electron chi connectivity index (χ3n) is 5.80. The monoisotopic (exact) mass is 472 g/mol. The molecule has 1 aliphatic rings. The van der Waals surface area contributed by atoms with Gasteiger partial charge in [0, 0.05) is 25.2 Å². The first-order chi connectivity index (χ1) is 15.5. The quantitative estimate of drug-likeness (QED) is 0.569. The first-order valence-electron chi connectivity index (χ1n) is 11.8. The standard InChI is InChI=1S/C14H28N2O.C12H12N2OS/c1-10(2)15-12(14(4,5)6)13(17)16-9-7-8-11(16)3;1-9-12(16-8-14-9)11-4-2-10(3-5-11)6-13-7-15/h10-12,15H,7-9H2,1-6H3;2-5,7-8H,6H2,1H3,(H,13,15). The SMILES string of the molecule is CC(C)NC(C(=O)N1CCCC1C)C(C)(C)C.Cc1ncsc1-c1ccc(CNC=O)cc1. The van der Waals surface area contributed by atoms with E-state index < -0.39 is 0 Å². The van der Waals surface area contributed by atoms with Crippen molar-refractivity contribution in [1.82, 2.24) is 20.5 Å². The molecule has 2 unspecified atom stereocenters. The Labute approximate surface area is 203 Å². The van der Waals surface area contributed by atoms with Crippen LogP contribution in [0, 0.1) is 12.3 Å². The highest BCUT2D eigenvalue weighted by molar-refractivity contribution is 7.13. The van der Waals surface area contributed by atoms with E-state index >= 15 is 0 Å². The van der Waals surface area contributed by atoms with Gasteiger partial charge in [-0.15, -0.1) is 11.3 Å². The summed E-state index contributed by atoms with van der Waals surface area (Å²) >= 11 is 1.64. The molecule has 2 heterocycles. The molecule has 1 saturated heterocycles. The minimum absolute atomic E-state index is 0.0380. The fourth-order valence-corrected chi connectivity index (χ4v) is 4.78. The molecule has 2 amide bonds. The Hall–Kier alpha value is -2.25. The first kappa shape index (κ1) is 27.0. The van der Waals surface area contributed by atoms with E-state index in [2.05, 4.69) is 69.3 Å². The summed E-state index contributed by atoms with van der Waals surface area (Å²) in [6, 6.07) is 8.81. The summed E-state index contributed by atoms with van der Waals surface area (Å²) in [6.07, 6.45) is 3.00. The van der Waals surface area contributed by atoms with Crippen LogP contribution in [0.4, 0.5) is 0 Å². The van der Waals surface area contributed by atoms with E-state index in [1.807, 2.05) is 29.5 Å². The molecule has 0 spiro atoms. The lowest BCUT2D eigenvalue weighted by Crippen LogP contribution is -2.55. The summed E-state index contributed by atoms with van der Waals surface area (Å²) in [4.78, 5) is 30.2. The van der Waals surface area contributed by atoms with Crippen LogP contribution in [-0.4, -0.2) is 46.9 Å². The Morgan fingerprint density at radius 1 is 1.27 bits per heavy atom. The maximum Gasteiger partial charge on any atom is 0.240 e. The highest BCUT2D eigenvalue weighted by atomic mass is 32.1. The van der Waals surface area contributed by atoms with Gasteiger partial charge in [-0.2, -0.15) is 0 Å². The van der Waals surface area contributed by atoms with Crippen LogP contribution in [0.2, 0.25) is 0 Å². The third kappa shape index (κ3) is 7.93. The van der Waals surface area contributed by atoms with E-state index in [4.69, 9.17) is 0 Å². The number of rotatable bonds is 7. The van der Waals surface area contributed by atoms with Gasteiger partial charge in [-0.3, -0.25) is 9.59 Å². The molecule has 2 aromatic rings. The molecular weight excluding hydrogens is 432 g/mol. The second-order valence-electron chi connectivity index (χ2n) is 10.1. The predicted molar refractivity (Wildman–Crippen MR) is 137 cm³/mol. The molecule has 0 aliphatic carbocycles. The molecule has 182 valence electrons.